The van der Waals surface area contributed by atoms with Crippen LogP contribution in [0.2, 0.25) is 0 Å². The fraction of sp³-hybridized carbons (Fsp3) is 0.167. The van der Waals surface area contributed by atoms with Crippen LogP contribution in [0.1, 0.15) is 11.7 Å². The summed E-state index contributed by atoms with van der Waals surface area (Å²) in [4.78, 5) is 10.7. The van der Waals surface area contributed by atoms with E-state index in [1.54, 1.807) is 32.0 Å². The van der Waals surface area contributed by atoms with E-state index >= 15 is 0 Å². The van der Waals surface area contributed by atoms with Gasteiger partial charge in [-0.1, -0.05) is 0 Å². The van der Waals surface area contributed by atoms with E-state index in [2.05, 4.69) is 19.7 Å². The van der Waals surface area contributed by atoms with Gasteiger partial charge in [0.1, 0.15) is 11.3 Å². The number of benzene rings is 1. The molecule has 0 atom stereocenters. The van der Waals surface area contributed by atoms with Crippen molar-refractivity contribution in [3.63, 3.8) is 0 Å². The number of nitrogens with one attached hydrogen (secondary N) is 2. The number of hydrogen-bond donors (Lipinski definition) is 2. The molecule has 8 heteroatoms. The van der Waals surface area contributed by atoms with E-state index in [0.717, 1.165) is 0 Å². The molecular weight excluding hydrogens is 280 g/mol. The molecule has 0 saturated heterocycles. The van der Waals surface area contributed by atoms with Crippen molar-refractivity contribution in [2.24, 2.45) is 0 Å². The highest BCUT2D eigenvalue weighted by Crippen LogP contribution is 2.21. The number of aromatic nitrogens is 3. The average Bonchev–Trinajstić information content (AvgIpc) is 2.93. The minimum atomic E-state index is -3.68. The summed E-state index contributed by atoms with van der Waals surface area (Å²) in [6, 6.07) is 4.91. The van der Waals surface area contributed by atoms with Crippen LogP contribution in [0.15, 0.2) is 33.8 Å². The maximum absolute atomic E-state index is 12.1. The second kappa shape index (κ2) is 4.34. The fourth-order valence-electron chi connectivity index (χ4n) is 1.85. The van der Waals surface area contributed by atoms with E-state index in [9.17, 15) is 8.42 Å². The van der Waals surface area contributed by atoms with Gasteiger partial charge in [0, 0.05) is 6.92 Å². The van der Waals surface area contributed by atoms with Crippen LogP contribution < -0.4 is 4.72 Å². The van der Waals surface area contributed by atoms with Crippen molar-refractivity contribution in [1.82, 2.24) is 15.0 Å². The number of hydrogen-bond acceptors (Lipinski definition) is 5. The summed E-state index contributed by atoms with van der Waals surface area (Å²) in [5.41, 5.74) is 1.63. The Bertz CT molecular complexity index is 879. The van der Waals surface area contributed by atoms with Gasteiger partial charge in [-0.2, -0.15) is 8.42 Å². The quantitative estimate of drug-likeness (QED) is 0.768. The third kappa shape index (κ3) is 2.25. The highest BCUT2D eigenvalue weighted by molar-refractivity contribution is 7.92. The first-order chi connectivity index (χ1) is 9.44. The Kier molecular flexibility index (Phi) is 2.75. The second-order valence-electron chi connectivity index (χ2n) is 4.35. The zero-order valence-corrected chi connectivity index (χ0v) is 11.7. The van der Waals surface area contributed by atoms with Crippen molar-refractivity contribution in [3.8, 4) is 0 Å². The Balaban J connectivity index is 1.96. The molecule has 2 N–H and O–H groups in total. The van der Waals surface area contributed by atoms with Gasteiger partial charge in [-0.3, -0.25) is 4.72 Å². The van der Waals surface area contributed by atoms with Crippen LogP contribution in [-0.4, -0.2) is 23.4 Å². The number of anilines is 1. The van der Waals surface area contributed by atoms with Gasteiger partial charge in [0.15, 0.2) is 16.5 Å². The van der Waals surface area contributed by atoms with Crippen molar-refractivity contribution < 1.29 is 12.8 Å². The van der Waals surface area contributed by atoms with E-state index in [1.165, 1.54) is 6.20 Å². The summed E-state index contributed by atoms with van der Waals surface area (Å²) >= 11 is 0. The maximum Gasteiger partial charge on any atom is 0.278 e. The lowest BCUT2D eigenvalue weighted by molar-refractivity contribution is 0.561. The summed E-state index contributed by atoms with van der Waals surface area (Å²) in [7, 11) is -3.68. The van der Waals surface area contributed by atoms with Crippen LogP contribution in [0.5, 0.6) is 0 Å². The smallest absolute Gasteiger partial charge is 0.278 e. The van der Waals surface area contributed by atoms with Crippen LogP contribution in [0, 0.1) is 13.8 Å². The normalized spacial score (nSPS) is 11.9. The number of H-pyrrole nitrogens is 1. The van der Waals surface area contributed by atoms with Gasteiger partial charge in [-0.05, 0) is 25.1 Å². The largest absolute Gasteiger partial charge is 0.441 e. The third-order valence-corrected chi connectivity index (χ3v) is 4.01. The molecule has 2 aromatic heterocycles. The van der Waals surface area contributed by atoms with Crippen LogP contribution in [0.25, 0.3) is 11.1 Å². The number of nitrogens with zero attached hydrogens (tertiary/aromatic N) is 2. The molecule has 2 heterocycles. The summed E-state index contributed by atoms with van der Waals surface area (Å²) in [5.74, 6) is 1.07. The predicted molar refractivity (Wildman–Crippen MR) is 72.9 cm³/mol. The Morgan fingerprint density at radius 2 is 2.10 bits per heavy atom. The lowest BCUT2D eigenvalue weighted by Gasteiger charge is -2.05. The first kappa shape index (κ1) is 12.7. The van der Waals surface area contributed by atoms with Gasteiger partial charge in [0.2, 0.25) is 0 Å². The zero-order valence-electron chi connectivity index (χ0n) is 10.8. The molecule has 0 aliphatic rings. The standard InChI is InChI=1S/C12H12N4O3S/c1-7-13-6-12(14-7)20(17,18)16-9-3-4-11-10(5-9)15-8(2)19-11/h3-6,16H,1-2H3,(H,13,14). The summed E-state index contributed by atoms with van der Waals surface area (Å²) < 4.78 is 32.1. The van der Waals surface area contributed by atoms with Crippen LogP contribution in [-0.2, 0) is 10.0 Å². The van der Waals surface area contributed by atoms with Crippen LogP contribution in [0.3, 0.4) is 0 Å². The van der Waals surface area contributed by atoms with Gasteiger partial charge in [0.25, 0.3) is 10.0 Å². The Morgan fingerprint density at radius 3 is 2.80 bits per heavy atom. The van der Waals surface area contributed by atoms with Gasteiger partial charge >= 0.3 is 0 Å². The Morgan fingerprint density at radius 1 is 1.30 bits per heavy atom. The lowest BCUT2D eigenvalue weighted by atomic mass is 10.3. The van der Waals surface area contributed by atoms with E-state index in [4.69, 9.17) is 4.42 Å². The van der Waals surface area contributed by atoms with Crippen LogP contribution in [0.4, 0.5) is 5.69 Å². The molecule has 3 aromatic rings. The van der Waals surface area contributed by atoms with Crippen molar-refractivity contribution in [1.29, 1.82) is 0 Å². The van der Waals surface area contributed by atoms with Gasteiger partial charge in [-0.15, -0.1) is 0 Å². The Labute approximate surface area is 115 Å². The van der Waals surface area contributed by atoms with Crippen LogP contribution >= 0.6 is 0 Å². The number of oxazole rings is 1. The molecule has 0 aliphatic heterocycles. The predicted octanol–water partition coefficient (Wildman–Crippen LogP) is 1.97. The first-order valence-corrected chi connectivity index (χ1v) is 7.34. The van der Waals surface area contributed by atoms with Crippen molar-refractivity contribution in [2.45, 2.75) is 18.9 Å². The number of imidazole rings is 1. The summed E-state index contributed by atoms with van der Waals surface area (Å²) in [6.07, 6.45) is 1.27. The SMILES string of the molecule is Cc1ncc(S(=O)(=O)Nc2ccc3oc(C)nc3c2)[nH]1. The van der Waals surface area contributed by atoms with E-state index < -0.39 is 10.0 Å². The molecule has 3 rings (SSSR count). The number of aryl methyl sites for hydroxylation is 2. The molecule has 20 heavy (non-hydrogen) atoms. The molecule has 104 valence electrons. The molecule has 1 aromatic carbocycles. The maximum atomic E-state index is 12.1. The number of sulfonamides is 1. The Hall–Kier alpha value is -2.35. The number of fused-ring (bicyclic) bond motifs is 1. The van der Waals surface area contributed by atoms with Crippen molar-refractivity contribution in [3.05, 3.63) is 36.1 Å². The average molecular weight is 292 g/mol. The molecule has 0 unspecified atom stereocenters. The molecule has 0 radical (unpaired) electrons. The van der Waals surface area contributed by atoms with Gasteiger partial charge in [0.05, 0.1) is 11.9 Å². The molecule has 0 aliphatic carbocycles. The topological polar surface area (TPSA) is 101 Å². The van der Waals surface area contributed by atoms with E-state index in [1.807, 2.05) is 0 Å². The van der Waals surface area contributed by atoms with E-state index in [0.29, 0.717) is 28.5 Å². The molecular formula is C12H12N4O3S. The first-order valence-electron chi connectivity index (χ1n) is 5.86. The minimum Gasteiger partial charge on any atom is -0.441 e. The summed E-state index contributed by atoms with van der Waals surface area (Å²) in [6.45, 7) is 3.42. The lowest BCUT2D eigenvalue weighted by Crippen LogP contribution is -2.13. The summed E-state index contributed by atoms with van der Waals surface area (Å²) in [5, 5.41) is 0.0198. The van der Waals surface area contributed by atoms with Gasteiger partial charge < -0.3 is 9.40 Å². The molecule has 0 amide bonds. The second-order valence-corrected chi connectivity index (χ2v) is 6.00. The fourth-order valence-corrected chi connectivity index (χ4v) is 2.87. The van der Waals surface area contributed by atoms with Crippen molar-refractivity contribution in [2.75, 3.05) is 4.72 Å². The molecule has 0 spiro atoms. The van der Waals surface area contributed by atoms with Gasteiger partial charge in [-0.25, -0.2) is 9.97 Å². The minimum absolute atomic E-state index is 0.0198. The molecule has 7 nitrogen and oxygen atoms in total. The van der Waals surface area contributed by atoms with Crippen molar-refractivity contribution >= 4 is 26.8 Å². The molecule has 0 fully saturated rings. The third-order valence-electron chi connectivity index (χ3n) is 2.72. The number of aromatic amines is 1. The monoisotopic (exact) mass is 292 g/mol. The highest BCUT2D eigenvalue weighted by Gasteiger charge is 2.17. The number of rotatable bonds is 3. The highest BCUT2D eigenvalue weighted by atomic mass is 32.2. The molecule has 0 bridgehead atoms. The van der Waals surface area contributed by atoms with E-state index in [-0.39, 0.29) is 5.03 Å². The molecule has 0 saturated carbocycles. The zero-order chi connectivity index (χ0) is 14.3.